The second kappa shape index (κ2) is 8.18. The fraction of sp³-hybridized carbons (Fsp3) is 0.286. The summed E-state index contributed by atoms with van der Waals surface area (Å²) in [5.41, 5.74) is -0.637. The molecule has 6 nitrogen and oxygen atoms in total. The highest BCUT2D eigenvalue weighted by atomic mass is 32.1. The molecule has 10 heteroatoms. The number of rotatable bonds is 5. The molecule has 1 unspecified atom stereocenters. The number of carbonyl (C=O) groups is 2. The van der Waals surface area contributed by atoms with Crippen molar-refractivity contribution in [2.75, 3.05) is 6.54 Å². The summed E-state index contributed by atoms with van der Waals surface area (Å²) in [7, 11) is 0. The Labute approximate surface area is 179 Å². The third kappa shape index (κ3) is 4.34. The van der Waals surface area contributed by atoms with Crippen molar-refractivity contribution in [2.24, 2.45) is 0 Å². The number of pyridine rings is 1. The maximum absolute atomic E-state index is 13.1. The molecule has 4 rings (SSSR count). The molecule has 0 spiro atoms. The first-order chi connectivity index (χ1) is 14.7. The molecule has 31 heavy (non-hydrogen) atoms. The Balaban J connectivity index is 1.58. The normalized spacial score (nSPS) is 16.4. The molecule has 0 bridgehead atoms. The van der Waals surface area contributed by atoms with Gasteiger partial charge in [-0.1, -0.05) is 6.07 Å². The molecule has 1 saturated heterocycles. The smallest absolute Gasteiger partial charge is 0.433 e. The number of nitrogens with zero attached hydrogens (tertiary/aromatic N) is 1. The minimum absolute atomic E-state index is 0.0817. The van der Waals surface area contributed by atoms with Gasteiger partial charge in [-0.15, -0.1) is 11.3 Å². The maximum atomic E-state index is 13.1. The first-order valence-electron chi connectivity index (χ1n) is 9.49. The van der Waals surface area contributed by atoms with E-state index in [2.05, 4.69) is 15.6 Å². The van der Waals surface area contributed by atoms with Crippen molar-refractivity contribution in [3.8, 4) is 5.75 Å². The summed E-state index contributed by atoms with van der Waals surface area (Å²) in [5, 5.41) is 6.04. The summed E-state index contributed by atoms with van der Waals surface area (Å²) in [4.78, 5) is 28.8. The predicted octanol–water partition coefficient (Wildman–Crippen LogP) is 3.82. The first-order valence-corrected chi connectivity index (χ1v) is 10.3. The zero-order chi connectivity index (χ0) is 22.2. The fourth-order valence-corrected chi connectivity index (χ4v) is 4.55. The van der Waals surface area contributed by atoms with Crippen LogP contribution in [-0.2, 0) is 17.6 Å². The lowest BCUT2D eigenvalue weighted by molar-refractivity contribution is -0.142. The van der Waals surface area contributed by atoms with Gasteiger partial charge in [0.05, 0.1) is 5.56 Å². The Bertz CT molecular complexity index is 1160. The van der Waals surface area contributed by atoms with Crippen LogP contribution in [0.4, 0.5) is 13.2 Å². The van der Waals surface area contributed by atoms with Crippen LogP contribution in [0.1, 0.15) is 32.9 Å². The van der Waals surface area contributed by atoms with Crippen molar-refractivity contribution < 1.29 is 27.5 Å². The molecule has 0 saturated carbocycles. The van der Waals surface area contributed by atoms with E-state index in [1.54, 1.807) is 25.1 Å². The zero-order valence-corrected chi connectivity index (χ0v) is 17.2. The lowest BCUT2D eigenvalue weighted by atomic mass is 10.1. The molecule has 3 heterocycles. The van der Waals surface area contributed by atoms with E-state index in [-0.39, 0.29) is 24.0 Å². The number of amides is 2. The lowest BCUT2D eigenvalue weighted by Crippen LogP contribution is -2.40. The van der Waals surface area contributed by atoms with Crippen molar-refractivity contribution in [2.45, 2.75) is 32.2 Å². The van der Waals surface area contributed by atoms with E-state index >= 15 is 0 Å². The summed E-state index contributed by atoms with van der Waals surface area (Å²) in [6, 6.07) is 7.19. The molecule has 1 atom stereocenters. The van der Waals surface area contributed by atoms with Crippen LogP contribution < -0.4 is 15.4 Å². The summed E-state index contributed by atoms with van der Waals surface area (Å²) in [6.07, 6.45) is -2.97. The second-order valence-corrected chi connectivity index (χ2v) is 8.35. The van der Waals surface area contributed by atoms with Gasteiger partial charge in [0, 0.05) is 33.3 Å². The molecule has 1 fully saturated rings. The molecule has 3 aromatic rings. The number of thiophene rings is 1. The molecule has 2 aromatic heterocycles. The summed E-state index contributed by atoms with van der Waals surface area (Å²) >= 11 is 1.42. The summed E-state index contributed by atoms with van der Waals surface area (Å²) in [5.74, 6) is -0.254. The van der Waals surface area contributed by atoms with Crippen molar-refractivity contribution in [3.05, 3.63) is 58.2 Å². The van der Waals surface area contributed by atoms with Crippen LogP contribution >= 0.6 is 11.3 Å². The van der Waals surface area contributed by atoms with Gasteiger partial charge in [-0.05, 0) is 37.6 Å². The number of alkyl halides is 3. The summed E-state index contributed by atoms with van der Waals surface area (Å²) in [6.45, 7) is 2.00. The van der Waals surface area contributed by atoms with Gasteiger partial charge in [-0.3, -0.25) is 14.6 Å². The quantitative estimate of drug-likeness (QED) is 0.621. The SMILES string of the molecule is Cc1sc2ccc(OCc3cccnc3C(F)(F)F)cc2c1C(=O)NC1CCNC1=O. The summed E-state index contributed by atoms with van der Waals surface area (Å²) < 4.78 is 45.8. The van der Waals surface area contributed by atoms with E-state index in [1.807, 2.05) is 0 Å². The van der Waals surface area contributed by atoms with Crippen molar-refractivity contribution in [1.82, 2.24) is 15.6 Å². The number of nitrogens with one attached hydrogen (secondary N) is 2. The van der Waals surface area contributed by atoms with Gasteiger partial charge in [0.15, 0.2) is 5.69 Å². The van der Waals surface area contributed by atoms with Crippen molar-refractivity contribution >= 4 is 33.2 Å². The van der Waals surface area contributed by atoms with Gasteiger partial charge in [-0.25, -0.2) is 0 Å². The van der Waals surface area contributed by atoms with Crippen LogP contribution in [-0.4, -0.2) is 29.4 Å². The van der Waals surface area contributed by atoms with Crippen LogP contribution in [0.25, 0.3) is 10.1 Å². The van der Waals surface area contributed by atoms with Crippen LogP contribution in [0.5, 0.6) is 5.75 Å². The van der Waals surface area contributed by atoms with Gasteiger partial charge < -0.3 is 15.4 Å². The van der Waals surface area contributed by atoms with E-state index in [0.29, 0.717) is 29.7 Å². The number of benzene rings is 1. The highest BCUT2D eigenvalue weighted by Gasteiger charge is 2.35. The molecule has 1 aliphatic heterocycles. The van der Waals surface area contributed by atoms with Gasteiger partial charge >= 0.3 is 6.18 Å². The molecule has 162 valence electrons. The average Bonchev–Trinajstić information content (AvgIpc) is 3.27. The fourth-order valence-electron chi connectivity index (χ4n) is 3.50. The Morgan fingerprint density at radius 1 is 1.35 bits per heavy atom. The Hall–Kier alpha value is -3.14. The Morgan fingerprint density at radius 3 is 2.87 bits per heavy atom. The molecule has 1 aliphatic rings. The van der Waals surface area contributed by atoms with E-state index in [9.17, 15) is 22.8 Å². The number of halogens is 3. The number of aromatic nitrogens is 1. The zero-order valence-electron chi connectivity index (χ0n) is 16.4. The minimum atomic E-state index is -4.58. The molecule has 1 aromatic carbocycles. The van der Waals surface area contributed by atoms with Crippen LogP contribution in [0.3, 0.4) is 0 Å². The minimum Gasteiger partial charge on any atom is -0.489 e. The van der Waals surface area contributed by atoms with Crippen LogP contribution in [0.2, 0.25) is 0 Å². The standard InChI is InChI=1S/C21H18F3N3O3S/c1-11-17(20(29)27-15-6-8-26-19(15)28)14-9-13(4-5-16(14)31-11)30-10-12-3-2-7-25-18(12)21(22,23)24/h2-5,7,9,15H,6,8,10H2,1H3,(H,26,28)(H,27,29). The van der Waals surface area contributed by atoms with Gasteiger partial charge in [0.2, 0.25) is 5.91 Å². The number of carbonyl (C=O) groups excluding carboxylic acids is 2. The topological polar surface area (TPSA) is 80.3 Å². The van der Waals surface area contributed by atoms with Crippen LogP contribution in [0.15, 0.2) is 36.5 Å². The van der Waals surface area contributed by atoms with Gasteiger partial charge in [-0.2, -0.15) is 13.2 Å². The Kier molecular flexibility index (Phi) is 5.57. The van der Waals surface area contributed by atoms with Crippen LogP contribution in [0, 0.1) is 6.92 Å². The van der Waals surface area contributed by atoms with Crippen molar-refractivity contribution in [1.29, 1.82) is 0 Å². The third-order valence-corrected chi connectivity index (χ3v) is 6.06. The van der Waals surface area contributed by atoms with E-state index in [0.717, 1.165) is 15.8 Å². The molecule has 0 radical (unpaired) electrons. The number of aryl methyl sites for hydroxylation is 1. The number of hydrogen-bond acceptors (Lipinski definition) is 5. The average molecular weight is 449 g/mol. The lowest BCUT2D eigenvalue weighted by Gasteiger charge is -2.13. The van der Waals surface area contributed by atoms with E-state index in [1.165, 1.54) is 23.5 Å². The van der Waals surface area contributed by atoms with Gasteiger partial charge in [0.1, 0.15) is 18.4 Å². The highest BCUT2D eigenvalue weighted by Crippen LogP contribution is 2.35. The molecular formula is C21H18F3N3O3S. The van der Waals surface area contributed by atoms with E-state index < -0.39 is 17.9 Å². The maximum Gasteiger partial charge on any atom is 0.433 e. The number of ether oxygens (including phenoxy) is 1. The molecule has 2 N–H and O–H groups in total. The number of fused-ring (bicyclic) bond motifs is 1. The molecular weight excluding hydrogens is 431 g/mol. The molecule has 2 amide bonds. The van der Waals surface area contributed by atoms with Crippen molar-refractivity contribution in [3.63, 3.8) is 0 Å². The Morgan fingerprint density at radius 2 is 2.16 bits per heavy atom. The number of hydrogen-bond donors (Lipinski definition) is 2. The van der Waals surface area contributed by atoms with E-state index in [4.69, 9.17) is 4.74 Å². The van der Waals surface area contributed by atoms with Gasteiger partial charge in [0.25, 0.3) is 5.91 Å². The largest absolute Gasteiger partial charge is 0.489 e. The second-order valence-electron chi connectivity index (χ2n) is 7.09. The monoisotopic (exact) mass is 449 g/mol. The first kappa shape index (κ1) is 21.1. The third-order valence-electron chi connectivity index (χ3n) is 4.97. The predicted molar refractivity (Wildman–Crippen MR) is 109 cm³/mol. The molecule has 0 aliphatic carbocycles. The highest BCUT2D eigenvalue weighted by molar-refractivity contribution is 7.19.